The molecule has 6 rings (SSSR count). The standard InChI is InChI=1S/C46H68ClNO5/c1-28(2)31-16-21-46(24-36(49)48-27-30-13-11-12-29(3)40(30)47)23-22-44(9)32(39(31)46)14-15-34-43(8)19-18-35(42(6,7)33(43)17-20-45(34,44)10)53-38(52)26-41(4,5)25-37(50)51/h11-13,31-35,39H,1,14-27H2,2-10H3,(H,48,49)(H,50,51)/t31-,32+,33-,34+,35-,39+,43-,44+,45+,46+/m0/s1. The molecule has 0 unspecified atom stereocenters. The zero-order valence-corrected chi connectivity index (χ0v) is 35.0. The molecule has 0 saturated heterocycles. The number of benzene rings is 1. The first-order chi connectivity index (χ1) is 24.6. The van der Waals surface area contributed by atoms with Crippen molar-refractivity contribution < 1.29 is 24.2 Å². The SMILES string of the molecule is C=C(C)[C@@H]1CC[C@]2(CC(=O)NCc3cccc(C)c3Cl)CC[C@]3(C)[C@H](CC[C@@H]4[C@@]5(C)CC[C@H](OC(=O)CC(C)(C)CC(=O)O)C(C)(C)[C@@H]5CC[C@]43C)[C@@H]12. The summed E-state index contributed by atoms with van der Waals surface area (Å²) < 4.78 is 6.28. The molecule has 1 aromatic carbocycles. The number of aryl methyl sites for hydroxylation is 1. The Morgan fingerprint density at radius 2 is 1.64 bits per heavy atom. The maximum Gasteiger partial charge on any atom is 0.306 e. The van der Waals surface area contributed by atoms with Crippen molar-refractivity contribution in [3.05, 3.63) is 46.5 Å². The summed E-state index contributed by atoms with van der Waals surface area (Å²) in [6, 6.07) is 6.02. The van der Waals surface area contributed by atoms with E-state index in [1.807, 2.05) is 39.0 Å². The van der Waals surface area contributed by atoms with Crippen molar-refractivity contribution in [1.29, 1.82) is 0 Å². The number of carbonyl (C=O) groups excluding carboxylic acids is 2. The topological polar surface area (TPSA) is 92.7 Å². The van der Waals surface area contributed by atoms with Crippen LogP contribution in [-0.4, -0.2) is 29.1 Å². The molecule has 5 aliphatic rings. The summed E-state index contributed by atoms with van der Waals surface area (Å²) in [6.07, 6.45) is 11.6. The van der Waals surface area contributed by atoms with Crippen LogP contribution in [0.1, 0.15) is 150 Å². The van der Waals surface area contributed by atoms with E-state index in [-0.39, 0.29) is 57.9 Å². The van der Waals surface area contributed by atoms with Gasteiger partial charge in [0, 0.05) is 23.4 Å². The molecule has 1 amide bonds. The van der Waals surface area contributed by atoms with Crippen molar-refractivity contribution in [2.75, 3.05) is 0 Å². The van der Waals surface area contributed by atoms with Gasteiger partial charge in [-0.1, -0.05) is 90.4 Å². The van der Waals surface area contributed by atoms with Crippen LogP contribution in [0.5, 0.6) is 0 Å². The van der Waals surface area contributed by atoms with Gasteiger partial charge in [-0.3, -0.25) is 14.4 Å². The van der Waals surface area contributed by atoms with Crippen molar-refractivity contribution in [2.24, 2.45) is 62.1 Å². The lowest BCUT2D eigenvalue weighted by Crippen LogP contribution is -2.67. The van der Waals surface area contributed by atoms with Crippen LogP contribution < -0.4 is 5.32 Å². The monoisotopic (exact) mass is 749 g/mol. The maximum atomic E-state index is 13.9. The molecule has 5 aliphatic carbocycles. The van der Waals surface area contributed by atoms with Gasteiger partial charge in [-0.25, -0.2) is 0 Å². The summed E-state index contributed by atoms with van der Waals surface area (Å²) in [5, 5.41) is 13.4. The zero-order chi connectivity index (χ0) is 38.9. The van der Waals surface area contributed by atoms with Crippen molar-refractivity contribution in [2.45, 2.75) is 158 Å². The van der Waals surface area contributed by atoms with Crippen molar-refractivity contribution >= 4 is 29.4 Å². The minimum absolute atomic E-state index is 0.00152. The van der Waals surface area contributed by atoms with E-state index in [1.165, 1.54) is 24.8 Å². The molecule has 53 heavy (non-hydrogen) atoms. The molecular formula is C46H68ClNO5. The Bertz CT molecular complexity index is 1630. The largest absolute Gasteiger partial charge is 0.481 e. The summed E-state index contributed by atoms with van der Waals surface area (Å²) in [6.45, 7) is 25.4. The Kier molecular flexibility index (Phi) is 10.6. The second-order valence-corrected chi connectivity index (χ2v) is 21.2. The first-order valence-corrected chi connectivity index (χ1v) is 21.1. The van der Waals surface area contributed by atoms with Gasteiger partial charge in [0.15, 0.2) is 0 Å². The minimum Gasteiger partial charge on any atom is -0.481 e. The molecule has 0 heterocycles. The van der Waals surface area contributed by atoms with E-state index in [2.05, 4.69) is 53.4 Å². The molecular weight excluding hydrogens is 682 g/mol. The van der Waals surface area contributed by atoms with Crippen LogP contribution in [0.4, 0.5) is 0 Å². The quantitative estimate of drug-likeness (QED) is 0.183. The molecule has 2 N–H and O–H groups in total. The summed E-state index contributed by atoms with van der Waals surface area (Å²) in [4.78, 5) is 38.5. The Morgan fingerprint density at radius 3 is 2.32 bits per heavy atom. The second-order valence-electron chi connectivity index (χ2n) is 20.8. The van der Waals surface area contributed by atoms with Crippen molar-refractivity contribution in [3.63, 3.8) is 0 Å². The number of hydrogen-bond donors (Lipinski definition) is 2. The molecule has 0 spiro atoms. The van der Waals surface area contributed by atoms with Crippen LogP contribution in [0.3, 0.4) is 0 Å². The highest BCUT2D eigenvalue weighted by atomic mass is 35.5. The molecule has 6 nitrogen and oxygen atoms in total. The molecule has 0 aliphatic heterocycles. The van der Waals surface area contributed by atoms with E-state index in [0.717, 1.165) is 61.1 Å². The van der Waals surface area contributed by atoms with Crippen molar-refractivity contribution in [1.82, 2.24) is 5.32 Å². The Balaban J connectivity index is 1.21. The minimum atomic E-state index is -0.887. The third-order valence-corrected chi connectivity index (χ3v) is 17.5. The summed E-state index contributed by atoms with van der Waals surface area (Å²) in [7, 11) is 0. The highest BCUT2D eigenvalue weighted by molar-refractivity contribution is 6.32. The third kappa shape index (κ3) is 6.81. The van der Waals surface area contributed by atoms with E-state index < -0.39 is 11.4 Å². The number of amides is 1. The lowest BCUT2D eigenvalue weighted by Gasteiger charge is -2.73. The number of halogens is 1. The van der Waals surface area contributed by atoms with Crippen molar-refractivity contribution in [3.8, 4) is 0 Å². The number of allylic oxidation sites excluding steroid dienone is 1. The highest BCUT2D eigenvalue weighted by Gasteiger charge is 2.71. The number of rotatable bonds is 10. The van der Waals surface area contributed by atoms with Crippen LogP contribution in [0.25, 0.3) is 0 Å². The number of esters is 1. The molecule has 1 aromatic rings. The van der Waals surface area contributed by atoms with Gasteiger partial charge in [0.1, 0.15) is 6.10 Å². The van der Waals surface area contributed by atoms with E-state index in [1.54, 1.807) is 0 Å². The molecule has 0 radical (unpaired) electrons. The number of fused-ring (bicyclic) bond motifs is 7. The molecule has 294 valence electrons. The fraction of sp³-hybridized carbons (Fsp3) is 0.761. The fourth-order valence-corrected chi connectivity index (χ4v) is 14.5. The zero-order valence-electron chi connectivity index (χ0n) is 34.3. The van der Waals surface area contributed by atoms with E-state index in [4.69, 9.17) is 16.3 Å². The first-order valence-electron chi connectivity index (χ1n) is 20.7. The highest BCUT2D eigenvalue weighted by Crippen LogP contribution is 2.78. The molecule has 5 fully saturated rings. The number of nitrogens with one attached hydrogen (secondary N) is 1. The van der Waals surface area contributed by atoms with E-state index in [9.17, 15) is 19.5 Å². The maximum absolute atomic E-state index is 13.9. The average Bonchev–Trinajstić information content (AvgIpc) is 3.42. The van der Waals surface area contributed by atoms with E-state index >= 15 is 0 Å². The van der Waals surface area contributed by atoms with E-state index in [0.29, 0.717) is 42.6 Å². The van der Waals surface area contributed by atoms with Gasteiger partial charge in [-0.05, 0) is 146 Å². The third-order valence-electron chi connectivity index (χ3n) is 17.0. The van der Waals surface area contributed by atoms with Crippen LogP contribution in [0.15, 0.2) is 30.4 Å². The number of ether oxygens (including phenoxy) is 1. The number of hydrogen-bond acceptors (Lipinski definition) is 4. The van der Waals surface area contributed by atoms with Crippen LogP contribution in [0, 0.1) is 69.0 Å². The summed E-state index contributed by atoms with van der Waals surface area (Å²) >= 11 is 6.60. The number of carbonyl (C=O) groups is 3. The second kappa shape index (κ2) is 14.0. The van der Waals surface area contributed by atoms with Gasteiger partial charge in [-0.15, -0.1) is 0 Å². The van der Waals surface area contributed by atoms with Gasteiger partial charge < -0.3 is 15.2 Å². The normalized spacial score (nSPS) is 38.8. The average molecular weight is 751 g/mol. The number of aliphatic carboxylic acids is 1. The fourth-order valence-electron chi connectivity index (χ4n) is 14.3. The van der Waals surface area contributed by atoms with Gasteiger partial charge in [0.2, 0.25) is 5.91 Å². The van der Waals surface area contributed by atoms with Gasteiger partial charge >= 0.3 is 11.9 Å². The van der Waals surface area contributed by atoms with Crippen LogP contribution >= 0.6 is 11.6 Å². The molecule has 0 bridgehead atoms. The predicted molar refractivity (Wildman–Crippen MR) is 212 cm³/mol. The van der Waals surface area contributed by atoms with Gasteiger partial charge in [0.25, 0.3) is 0 Å². The Morgan fingerprint density at radius 1 is 0.925 bits per heavy atom. The smallest absolute Gasteiger partial charge is 0.306 e. The lowest BCUT2D eigenvalue weighted by molar-refractivity contribution is -0.250. The van der Waals surface area contributed by atoms with Gasteiger partial charge in [0.05, 0.1) is 12.8 Å². The number of carboxylic acids is 1. The predicted octanol–water partition coefficient (Wildman–Crippen LogP) is 11.1. The first kappa shape index (κ1) is 40.3. The molecule has 5 saturated carbocycles. The number of carboxylic acid groups (broad SMARTS) is 1. The summed E-state index contributed by atoms with van der Waals surface area (Å²) in [5.41, 5.74) is 2.98. The Hall–Kier alpha value is -2.34. The molecule has 7 heteroatoms. The van der Waals surface area contributed by atoms with Gasteiger partial charge in [-0.2, -0.15) is 0 Å². The lowest BCUT2D eigenvalue weighted by atomic mass is 9.32. The van der Waals surface area contributed by atoms with Crippen LogP contribution in [-0.2, 0) is 25.7 Å². The molecule has 0 aromatic heterocycles. The van der Waals surface area contributed by atoms with Crippen LogP contribution in [0.2, 0.25) is 5.02 Å². The molecule has 10 atom stereocenters. The summed E-state index contributed by atoms with van der Waals surface area (Å²) in [5.74, 6) is 1.49. The Labute approximate surface area is 325 Å².